The third kappa shape index (κ3) is 3.30. The van der Waals surface area contributed by atoms with E-state index in [1.165, 1.54) is 6.07 Å². The van der Waals surface area contributed by atoms with Gasteiger partial charge in [-0.05, 0) is 30.9 Å². The third-order valence-electron chi connectivity index (χ3n) is 3.66. The van der Waals surface area contributed by atoms with E-state index in [9.17, 15) is 9.18 Å². The predicted octanol–water partition coefficient (Wildman–Crippen LogP) is 2.95. The van der Waals surface area contributed by atoms with E-state index in [-0.39, 0.29) is 30.2 Å². The van der Waals surface area contributed by atoms with Crippen LogP contribution in [0, 0.1) is 11.7 Å². The molecule has 0 spiro atoms. The van der Waals surface area contributed by atoms with Crippen molar-refractivity contribution in [2.45, 2.75) is 45.3 Å². The van der Waals surface area contributed by atoms with Crippen LogP contribution in [0.15, 0.2) is 18.2 Å². The Balaban J connectivity index is 2.20. The SMILES string of the molecule is CC(C)[C@@H](N)C(=O)N(Cc1c(F)cccc1Cl)C1CC1. The molecule has 0 bridgehead atoms. The standard InChI is InChI=1S/C15H20ClFN2O/c1-9(2)14(18)15(20)19(10-6-7-10)8-11-12(16)4-3-5-13(11)17/h3-5,9-10,14H,6-8,18H2,1-2H3/t14-/m1/s1. The van der Waals surface area contributed by atoms with Crippen molar-refractivity contribution in [1.29, 1.82) is 0 Å². The average Bonchev–Trinajstić information content (AvgIpc) is 3.21. The lowest BCUT2D eigenvalue weighted by molar-refractivity contribution is -0.134. The lowest BCUT2D eigenvalue weighted by Gasteiger charge is -2.27. The minimum Gasteiger partial charge on any atom is -0.334 e. The molecule has 1 fully saturated rings. The summed E-state index contributed by atoms with van der Waals surface area (Å²) in [4.78, 5) is 14.1. The van der Waals surface area contributed by atoms with Gasteiger partial charge in [0.2, 0.25) is 5.91 Å². The van der Waals surface area contributed by atoms with Crippen molar-refractivity contribution in [2.75, 3.05) is 0 Å². The fourth-order valence-corrected chi connectivity index (χ4v) is 2.33. The molecule has 110 valence electrons. The van der Waals surface area contributed by atoms with E-state index in [0.29, 0.717) is 10.6 Å². The summed E-state index contributed by atoms with van der Waals surface area (Å²) in [6, 6.07) is 4.17. The highest BCUT2D eigenvalue weighted by molar-refractivity contribution is 6.31. The highest BCUT2D eigenvalue weighted by atomic mass is 35.5. The Morgan fingerprint density at radius 3 is 2.65 bits per heavy atom. The molecule has 0 heterocycles. The first-order valence-corrected chi connectivity index (χ1v) is 7.28. The molecule has 2 rings (SSSR count). The van der Waals surface area contributed by atoms with Crippen molar-refractivity contribution >= 4 is 17.5 Å². The molecule has 1 aromatic rings. The lowest BCUT2D eigenvalue weighted by Crippen LogP contribution is -2.47. The molecule has 1 aliphatic carbocycles. The second kappa shape index (κ2) is 6.10. The van der Waals surface area contributed by atoms with Crippen molar-refractivity contribution < 1.29 is 9.18 Å². The summed E-state index contributed by atoms with van der Waals surface area (Å²) in [5.41, 5.74) is 6.30. The minimum absolute atomic E-state index is 0.0554. The minimum atomic E-state index is -0.554. The Morgan fingerprint density at radius 1 is 1.50 bits per heavy atom. The van der Waals surface area contributed by atoms with Crippen LogP contribution in [0.4, 0.5) is 4.39 Å². The van der Waals surface area contributed by atoms with Crippen molar-refractivity contribution in [3.63, 3.8) is 0 Å². The molecule has 0 aromatic heterocycles. The topological polar surface area (TPSA) is 46.3 Å². The summed E-state index contributed by atoms with van der Waals surface area (Å²) in [6.07, 6.45) is 1.89. The average molecular weight is 299 g/mol. The van der Waals surface area contributed by atoms with Gasteiger partial charge in [0, 0.05) is 16.6 Å². The van der Waals surface area contributed by atoms with Gasteiger partial charge in [-0.1, -0.05) is 31.5 Å². The Hall–Kier alpha value is -1.13. The molecular formula is C15H20ClFN2O. The van der Waals surface area contributed by atoms with Crippen LogP contribution in [-0.4, -0.2) is 22.9 Å². The molecular weight excluding hydrogens is 279 g/mol. The quantitative estimate of drug-likeness (QED) is 0.908. The summed E-state index contributed by atoms with van der Waals surface area (Å²) in [5.74, 6) is -0.448. The molecule has 0 saturated heterocycles. The van der Waals surface area contributed by atoms with Gasteiger partial charge in [-0.15, -0.1) is 0 Å². The van der Waals surface area contributed by atoms with E-state index in [0.717, 1.165) is 12.8 Å². The molecule has 0 unspecified atom stereocenters. The number of nitrogens with two attached hydrogens (primary N) is 1. The normalized spacial score (nSPS) is 16.3. The monoisotopic (exact) mass is 298 g/mol. The molecule has 0 aliphatic heterocycles. The van der Waals surface area contributed by atoms with E-state index < -0.39 is 6.04 Å². The van der Waals surface area contributed by atoms with Crippen molar-refractivity contribution in [3.8, 4) is 0 Å². The zero-order valence-electron chi connectivity index (χ0n) is 11.8. The third-order valence-corrected chi connectivity index (χ3v) is 4.02. The van der Waals surface area contributed by atoms with Gasteiger partial charge in [-0.3, -0.25) is 4.79 Å². The number of amides is 1. The summed E-state index contributed by atoms with van der Waals surface area (Å²) in [5, 5.41) is 0.349. The number of carbonyl (C=O) groups excluding carboxylic acids is 1. The molecule has 2 N–H and O–H groups in total. The van der Waals surface area contributed by atoms with Crippen molar-refractivity contribution in [1.82, 2.24) is 4.90 Å². The number of benzene rings is 1. The number of nitrogens with zero attached hydrogens (tertiary/aromatic N) is 1. The van der Waals surface area contributed by atoms with Gasteiger partial charge < -0.3 is 10.6 Å². The van der Waals surface area contributed by atoms with Crippen LogP contribution in [0.2, 0.25) is 5.02 Å². The largest absolute Gasteiger partial charge is 0.334 e. The molecule has 5 heteroatoms. The van der Waals surface area contributed by atoms with E-state index in [1.54, 1.807) is 17.0 Å². The Labute approximate surface area is 123 Å². The highest BCUT2D eigenvalue weighted by Gasteiger charge is 2.36. The Bertz CT molecular complexity index is 482. The summed E-state index contributed by atoms with van der Waals surface area (Å²) < 4.78 is 13.9. The smallest absolute Gasteiger partial charge is 0.240 e. The maximum absolute atomic E-state index is 13.9. The molecule has 1 aliphatic rings. The second-order valence-electron chi connectivity index (χ2n) is 5.67. The van der Waals surface area contributed by atoms with Gasteiger partial charge in [0.1, 0.15) is 5.82 Å². The van der Waals surface area contributed by atoms with Gasteiger partial charge in [0.05, 0.1) is 12.6 Å². The van der Waals surface area contributed by atoms with Gasteiger partial charge >= 0.3 is 0 Å². The molecule has 1 atom stereocenters. The van der Waals surface area contributed by atoms with Crippen LogP contribution >= 0.6 is 11.6 Å². The first-order valence-electron chi connectivity index (χ1n) is 6.90. The van der Waals surface area contributed by atoms with Crippen LogP contribution in [-0.2, 0) is 11.3 Å². The van der Waals surface area contributed by atoms with E-state index >= 15 is 0 Å². The van der Waals surface area contributed by atoms with E-state index in [2.05, 4.69) is 0 Å². The second-order valence-corrected chi connectivity index (χ2v) is 6.07. The first kappa shape index (κ1) is 15.3. The van der Waals surface area contributed by atoms with Crippen molar-refractivity contribution in [2.24, 2.45) is 11.7 Å². The van der Waals surface area contributed by atoms with Crippen LogP contribution in [0.5, 0.6) is 0 Å². The summed E-state index contributed by atoms with van der Waals surface area (Å²) in [6.45, 7) is 4.00. The molecule has 20 heavy (non-hydrogen) atoms. The maximum atomic E-state index is 13.9. The zero-order valence-corrected chi connectivity index (χ0v) is 12.5. The van der Waals surface area contributed by atoms with Gasteiger partial charge in [0.15, 0.2) is 0 Å². The number of rotatable bonds is 5. The number of halogens is 2. The molecule has 1 saturated carbocycles. The van der Waals surface area contributed by atoms with Crippen LogP contribution in [0.1, 0.15) is 32.3 Å². The van der Waals surface area contributed by atoms with Gasteiger partial charge in [-0.25, -0.2) is 4.39 Å². The molecule has 3 nitrogen and oxygen atoms in total. The molecule has 1 amide bonds. The van der Waals surface area contributed by atoms with E-state index in [4.69, 9.17) is 17.3 Å². The van der Waals surface area contributed by atoms with Gasteiger partial charge in [0.25, 0.3) is 0 Å². The maximum Gasteiger partial charge on any atom is 0.240 e. The van der Waals surface area contributed by atoms with Crippen molar-refractivity contribution in [3.05, 3.63) is 34.6 Å². The van der Waals surface area contributed by atoms with Crippen LogP contribution < -0.4 is 5.73 Å². The number of hydrogen-bond acceptors (Lipinski definition) is 2. The zero-order chi connectivity index (χ0) is 14.9. The fraction of sp³-hybridized carbons (Fsp3) is 0.533. The molecule has 0 radical (unpaired) electrons. The first-order chi connectivity index (χ1) is 9.41. The van der Waals surface area contributed by atoms with Gasteiger partial charge in [-0.2, -0.15) is 0 Å². The lowest BCUT2D eigenvalue weighted by atomic mass is 10.0. The predicted molar refractivity (Wildman–Crippen MR) is 77.8 cm³/mol. The van der Waals surface area contributed by atoms with E-state index in [1.807, 2.05) is 13.8 Å². The summed E-state index contributed by atoms with van der Waals surface area (Å²) in [7, 11) is 0. The summed E-state index contributed by atoms with van der Waals surface area (Å²) >= 11 is 6.04. The molecule has 1 aromatic carbocycles. The Kier molecular flexibility index (Phi) is 4.66. The number of hydrogen-bond donors (Lipinski definition) is 1. The highest BCUT2D eigenvalue weighted by Crippen LogP contribution is 2.31. The Morgan fingerprint density at radius 2 is 2.15 bits per heavy atom. The van der Waals surface area contributed by atoms with Crippen LogP contribution in [0.3, 0.4) is 0 Å². The number of carbonyl (C=O) groups is 1. The van der Waals surface area contributed by atoms with Crippen LogP contribution in [0.25, 0.3) is 0 Å². The fourth-order valence-electron chi connectivity index (χ4n) is 2.10.